The Morgan fingerprint density at radius 3 is 2.61 bits per heavy atom. The largest absolute Gasteiger partial charge is 0.379 e. The molecule has 3 heterocycles. The average Bonchev–Trinajstić information content (AvgIpc) is 3.13. The maximum absolute atomic E-state index is 12.8. The predicted molar refractivity (Wildman–Crippen MR) is 91.7 cm³/mol. The van der Waals surface area contributed by atoms with Gasteiger partial charge < -0.3 is 4.74 Å². The van der Waals surface area contributed by atoms with E-state index in [9.17, 15) is 4.79 Å². The van der Waals surface area contributed by atoms with Crippen LogP contribution in [0.15, 0.2) is 46.6 Å². The van der Waals surface area contributed by atoms with Crippen molar-refractivity contribution in [2.24, 2.45) is 0 Å². The molecule has 0 atom stereocenters. The summed E-state index contributed by atoms with van der Waals surface area (Å²) in [7, 11) is 0. The Morgan fingerprint density at radius 1 is 1.09 bits per heavy atom. The van der Waals surface area contributed by atoms with Gasteiger partial charge in [0.25, 0.3) is 5.56 Å². The van der Waals surface area contributed by atoms with Crippen molar-refractivity contribution in [2.75, 3.05) is 26.3 Å². The van der Waals surface area contributed by atoms with Crippen molar-refractivity contribution in [1.29, 1.82) is 0 Å². The minimum atomic E-state index is -0.0348. The van der Waals surface area contributed by atoms with Crippen LogP contribution in [0.25, 0.3) is 21.3 Å². The Hall–Kier alpha value is -2.02. The first-order valence-corrected chi connectivity index (χ1v) is 8.55. The van der Waals surface area contributed by atoms with Crippen molar-refractivity contribution in [3.63, 3.8) is 0 Å². The summed E-state index contributed by atoms with van der Waals surface area (Å²) < 4.78 is 6.96. The molecular formula is C17H17N3O2S. The molecule has 1 aliphatic rings. The molecule has 0 radical (unpaired) electrons. The van der Waals surface area contributed by atoms with Crippen molar-refractivity contribution >= 4 is 22.1 Å². The Bertz CT molecular complexity index is 867. The Balaban J connectivity index is 1.84. The van der Waals surface area contributed by atoms with E-state index in [2.05, 4.69) is 10.00 Å². The third-order valence-electron chi connectivity index (χ3n) is 4.06. The molecule has 1 fully saturated rings. The second kappa shape index (κ2) is 6.23. The Labute approximate surface area is 137 Å². The minimum absolute atomic E-state index is 0.0348. The molecule has 0 spiro atoms. The first kappa shape index (κ1) is 14.6. The molecule has 1 saturated heterocycles. The third-order valence-corrected chi connectivity index (χ3v) is 4.94. The standard InChI is InChI=1S/C17H17N3O2S/c21-17-14-5-2-1-4-13(14)16(15-6-3-11-23-15)18-20(17)12-19-7-9-22-10-8-19/h1-6,11H,7-10,12H2. The first-order valence-electron chi connectivity index (χ1n) is 7.67. The molecule has 1 aliphatic heterocycles. The summed E-state index contributed by atoms with van der Waals surface area (Å²) in [6, 6.07) is 11.8. The third kappa shape index (κ3) is 2.81. The van der Waals surface area contributed by atoms with E-state index < -0.39 is 0 Å². The number of aromatic nitrogens is 2. The van der Waals surface area contributed by atoms with E-state index >= 15 is 0 Å². The van der Waals surface area contributed by atoms with E-state index in [1.54, 1.807) is 16.0 Å². The molecule has 3 aromatic rings. The molecule has 0 saturated carbocycles. The van der Waals surface area contributed by atoms with Crippen LogP contribution in [0.1, 0.15) is 0 Å². The van der Waals surface area contributed by atoms with E-state index in [0.29, 0.717) is 19.9 Å². The molecule has 2 aromatic heterocycles. The van der Waals surface area contributed by atoms with Crippen LogP contribution in [0.4, 0.5) is 0 Å². The van der Waals surface area contributed by atoms with Gasteiger partial charge in [0, 0.05) is 18.5 Å². The average molecular weight is 327 g/mol. The number of fused-ring (bicyclic) bond motifs is 1. The second-order valence-electron chi connectivity index (χ2n) is 5.55. The van der Waals surface area contributed by atoms with Crippen LogP contribution in [-0.4, -0.2) is 41.0 Å². The molecular weight excluding hydrogens is 310 g/mol. The fraction of sp³-hybridized carbons (Fsp3) is 0.294. The summed E-state index contributed by atoms with van der Waals surface area (Å²) in [6.45, 7) is 3.58. The fourth-order valence-corrected chi connectivity index (χ4v) is 3.58. The molecule has 5 nitrogen and oxygen atoms in total. The summed E-state index contributed by atoms with van der Waals surface area (Å²) in [5.41, 5.74) is 0.843. The van der Waals surface area contributed by atoms with E-state index in [1.807, 2.05) is 41.8 Å². The van der Waals surface area contributed by atoms with Crippen LogP contribution in [0.3, 0.4) is 0 Å². The molecule has 23 heavy (non-hydrogen) atoms. The van der Waals surface area contributed by atoms with Gasteiger partial charge in [-0.25, -0.2) is 4.68 Å². The van der Waals surface area contributed by atoms with Gasteiger partial charge in [0.2, 0.25) is 0 Å². The SMILES string of the molecule is O=c1c2ccccc2c(-c2cccs2)nn1CN1CCOCC1. The van der Waals surface area contributed by atoms with E-state index in [4.69, 9.17) is 4.74 Å². The second-order valence-corrected chi connectivity index (χ2v) is 6.50. The van der Waals surface area contributed by atoms with Crippen LogP contribution in [0, 0.1) is 0 Å². The molecule has 0 amide bonds. The zero-order chi connectivity index (χ0) is 15.6. The van der Waals surface area contributed by atoms with Crippen molar-refractivity contribution in [3.8, 4) is 10.6 Å². The van der Waals surface area contributed by atoms with Gasteiger partial charge in [0.1, 0.15) is 5.69 Å². The highest BCUT2D eigenvalue weighted by Gasteiger charge is 2.16. The zero-order valence-electron chi connectivity index (χ0n) is 12.6. The van der Waals surface area contributed by atoms with Crippen molar-refractivity contribution < 1.29 is 4.74 Å². The van der Waals surface area contributed by atoms with Gasteiger partial charge in [0.15, 0.2) is 0 Å². The minimum Gasteiger partial charge on any atom is -0.379 e. The quantitative estimate of drug-likeness (QED) is 0.741. The number of morpholine rings is 1. The van der Waals surface area contributed by atoms with Gasteiger partial charge >= 0.3 is 0 Å². The first-order chi connectivity index (χ1) is 11.3. The number of nitrogens with zero attached hydrogens (tertiary/aromatic N) is 3. The number of ether oxygens (including phenoxy) is 1. The Morgan fingerprint density at radius 2 is 1.87 bits per heavy atom. The highest BCUT2D eigenvalue weighted by molar-refractivity contribution is 7.13. The molecule has 6 heteroatoms. The predicted octanol–water partition coefficient (Wildman–Crippen LogP) is 2.41. The van der Waals surface area contributed by atoms with Crippen LogP contribution in [0.2, 0.25) is 0 Å². The lowest BCUT2D eigenvalue weighted by Crippen LogP contribution is -2.40. The van der Waals surface area contributed by atoms with Crippen LogP contribution >= 0.6 is 11.3 Å². The van der Waals surface area contributed by atoms with Crippen LogP contribution in [-0.2, 0) is 11.4 Å². The lowest BCUT2D eigenvalue weighted by Gasteiger charge is -2.26. The highest BCUT2D eigenvalue weighted by atomic mass is 32.1. The van der Waals surface area contributed by atoms with E-state index in [-0.39, 0.29) is 5.56 Å². The highest BCUT2D eigenvalue weighted by Crippen LogP contribution is 2.28. The number of hydrogen-bond donors (Lipinski definition) is 0. The van der Waals surface area contributed by atoms with Crippen LogP contribution < -0.4 is 5.56 Å². The lowest BCUT2D eigenvalue weighted by atomic mass is 10.1. The molecule has 0 aliphatic carbocycles. The molecule has 118 valence electrons. The maximum Gasteiger partial charge on any atom is 0.275 e. The van der Waals surface area contributed by atoms with E-state index in [0.717, 1.165) is 34.4 Å². The summed E-state index contributed by atoms with van der Waals surface area (Å²) in [6.07, 6.45) is 0. The summed E-state index contributed by atoms with van der Waals surface area (Å²) in [5, 5.41) is 8.34. The molecule has 0 bridgehead atoms. The van der Waals surface area contributed by atoms with Gasteiger partial charge in [0.05, 0.1) is 30.1 Å². The number of benzene rings is 1. The molecule has 1 aromatic carbocycles. The molecule has 0 N–H and O–H groups in total. The van der Waals surface area contributed by atoms with Gasteiger partial charge in [-0.05, 0) is 17.5 Å². The normalized spacial score (nSPS) is 16.0. The smallest absolute Gasteiger partial charge is 0.275 e. The Kier molecular flexibility index (Phi) is 3.95. The molecule has 0 unspecified atom stereocenters. The van der Waals surface area contributed by atoms with Crippen molar-refractivity contribution in [2.45, 2.75) is 6.67 Å². The monoisotopic (exact) mass is 327 g/mol. The van der Waals surface area contributed by atoms with Gasteiger partial charge in [-0.2, -0.15) is 5.10 Å². The number of thiophene rings is 1. The van der Waals surface area contributed by atoms with Crippen molar-refractivity contribution in [1.82, 2.24) is 14.7 Å². The number of hydrogen-bond acceptors (Lipinski definition) is 5. The fourth-order valence-electron chi connectivity index (χ4n) is 2.86. The summed E-state index contributed by atoms with van der Waals surface area (Å²) >= 11 is 1.64. The van der Waals surface area contributed by atoms with Gasteiger partial charge in [-0.1, -0.05) is 24.3 Å². The molecule has 4 rings (SSSR count). The van der Waals surface area contributed by atoms with Gasteiger partial charge in [-0.3, -0.25) is 9.69 Å². The zero-order valence-corrected chi connectivity index (χ0v) is 13.5. The van der Waals surface area contributed by atoms with Crippen molar-refractivity contribution in [3.05, 3.63) is 52.1 Å². The van der Waals surface area contributed by atoms with E-state index in [1.165, 1.54) is 0 Å². The summed E-state index contributed by atoms with van der Waals surface area (Å²) in [5.74, 6) is 0. The summed E-state index contributed by atoms with van der Waals surface area (Å²) in [4.78, 5) is 16.0. The lowest BCUT2D eigenvalue weighted by molar-refractivity contribution is 0.0206. The van der Waals surface area contributed by atoms with Crippen LogP contribution in [0.5, 0.6) is 0 Å². The number of rotatable bonds is 3. The topological polar surface area (TPSA) is 47.4 Å². The maximum atomic E-state index is 12.8. The van der Waals surface area contributed by atoms with Gasteiger partial charge in [-0.15, -0.1) is 11.3 Å².